The molecule has 1 aliphatic heterocycles. The third kappa shape index (κ3) is 4.65. The van der Waals surface area contributed by atoms with Crippen LogP contribution in [0.4, 0.5) is 30.6 Å². The third-order valence-electron chi connectivity index (χ3n) is 5.02. The lowest BCUT2D eigenvalue weighted by Crippen LogP contribution is -2.39. The van der Waals surface area contributed by atoms with Gasteiger partial charge in [-0.2, -0.15) is 23.3 Å². The Bertz CT molecular complexity index is 906. The van der Waals surface area contributed by atoms with Crippen molar-refractivity contribution in [2.75, 3.05) is 29.1 Å². The lowest BCUT2D eigenvalue weighted by Gasteiger charge is -2.36. The zero-order valence-electron chi connectivity index (χ0n) is 17.4. The first-order chi connectivity index (χ1) is 14.2. The van der Waals surface area contributed by atoms with E-state index in [1.165, 1.54) is 10.9 Å². The molecule has 11 heteroatoms. The summed E-state index contributed by atoms with van der Waals surface area (Å²) in [4.78, 5) is 22.3. The predicted molar refractivity (Wildman–Crippen MR) is 107 cm³/mol. The van der Waals surface area contributed by atoms with Gasteiger partial charge in [0.1, 0.15) is 5.69 Å². The van der Waals surface area contributed by atoms with Crippen LogP contribution in [0.1, 0.15) is 38.1 Å². The first kappa shape index (κ1) is 21.8. The van der Waals surface area contributed by atoms with Crippen molar-refractivity contribution in [1.82, 2.24) is 19.7 Å². The van der Waals surface area contributed by atoms with Crippen LogP contribution in [0.15, 0.2) is 12.3 Å². The Kier molecular flexibility index (Phi) is 6.18. The van der Waals surface area contributed by atoms with Gasteiger partial charge in [0.05, 0.1) is 12.2 Å². The SMILES string of the molecule is CC.Cc1nc(NC2CC(Cn3ccc(C(F)(F)F)n3)C2)nc2c1NC(=O)CN2C. The van der Waals surface area contributed by atoms with Crippen molar-refractivity contribution in [2.45, 2.75) is 52.4 Å². The minimum Gasteiger partial charge on any atom is -0.351 e. The Morgan fingerprint density at radius 1 is 1.27 bits per heavy atom. The lowest BCUT2D eigenvalue weighted by molar-refractivity contribution is -0.141. The summed E-state index contributed by atoms with van der Waals surface area (Å²) in [6.07, 6.45) is -1.45. The summed E-state index contributed by atoms with van der Waals surface area (Å²) in [6.45, 7) is 6.50. The standard InChI is InChI=1S/C17H20F3N7O.C2H6/c1-9-14-15(26(2)8-13(28)23-14)24-16(21-9)22-11-5-10(6-11)7-27-4-3-12(25-27)17(18,19)20;1-2/h3-4,10-11H,5-8H2,1-2H3,(H,23,28)(H,21,22,24);1-2H3. The van der Waals surface area contributed by atoms with Gasteiger partial charge in [-0.3, -0.25) is 9.48 Å². The first-order valence-electron chi connectivity index (χ1n) is 9.96. The van der Waals surface area contributed by atoms with Crippen molar-refractivity contribution in [3.63, 3.8) is 0 Å². The van der Waals surface area contributed by atoms with Gasteiger partial charge >= 0.3 is 6.18 Å². The number of carbonyl (C=O) groups excluding carboxylic acids is 1. The molecule has 30 heavy (non-hydrogen) atoms. The smallest absolute Gasteiger partial charge is 0.351 e. The molecule has 4 rings (SSSR count). The molecule has 0 radical (unpaired) electrons. The van der Waals surface area contributed by atoms with Crippen LogP contribution in [0.3, 0.4) is 0 Å². The zero-order valence-corrected chi connectivity index (χ0v) is 17.4. The molecule has 0 saturated heterocycles. The lowest BCUT2D eigenvalue weighted by atomic mass is 9.80. The highest BCUT2D eigenvalue weighted by Gasteiger charge is 2.35. The Hall–Kier alpha value is -2.85. The number of nitrogens with zero attached hydrogens (tertiary/aromatic N) is 5. The fourth-order valence-corrected chi connectivity index (χ4v) is 3.58. The fourth-order valence-electron chi connectivity index (χ4n) is 3.58. The second kappa shape index (κ2) is 8.49. The predicted octanol–water partition coefficient (Wildman–Crippen LogP) is 3.31. The largest absolute Gasteiger partial charge is 0.435 e. The molecule has 1 amide bonds. The Morgan fingerprint density at radius 2 is 1.97 bits per heavy atom. The Balaban J connectivity index is 0.00000124. The van der Waals surface area contributed by atoms with Gasteiger partial charge in [-0.25, -0.2) is 4.98 Å². The molecule has 2 aliphatic rings. The topological polar surface area (TPSA) is 88.0 Å². The van der Waals surface area contributed by atoms with E-state index in [0.717, 1.165) is 18.9 Å². The van der Waals surface area contributed by atoms with Gasteiger partial charge in [0.25, 0.3) is 0 Å². The molecule has 0 aromatic carbocycles. The second-order valence-corrected chi connectivity index (χ2v) is 7.33. The zero-order chi connectivity index (χ0) is 22.1. The molecule has 0 bridgehead atoms. The van der Waals surface area contributed by atoms with Gasteiger partial charge in [0.15, 0.2) is 11.5 Å². The first-order valence-corrected chi connectivity index (χ1v) is 9.96. The van der Waals surface area contributed by atoms with Crippen LogP contribution in [0.5, 0.6) is 0 Å². The number of rotatable bonds is 4. The molecule has 2 aromatic heterocycles. The summed E-state index contributed by atoms with van der Waals surface area (Å²) in [5.41, 5.74) is 0.435. The van der Waals surface area contributed by atoms with E-state index in [1.807, 2.05) is 20.8 Å². The Labute approximate surface area is 172 Å². The molecule has 1 saturated carbocycles. The van der Waals surface area contributed by atoms with E-state index >= 15 is 0 Å². The van der Waals surface area contributed by atoms with E-state index in [1.54, 1.807) is 11.9 Å². The van der Waals surface area contributed by atoms with Crippen molar-refractivity contribution in [3.8, 4) is 0 Å². The minimum atomic E-state index is -4.41. The maximum Gasteiger partial charge on any atom is 0.435 e. The number of hydrogen-bond donors (Lipinski definition) is 2. The highest BCUT2D eigenvalue weighted by atomic mass is 19.4. The van der Waals surface area contributed by atoms with Crippen LogP contribution >= 0.6 is 0 Å². The van der Waals surface area contributed by atoms with Crippen LogP contribution in [0.25, 0.3) is 0 Å². The molecule has 8 nitrogen and oxygen atoms in total. The van der Waals surface area contributed by atoms with Gasteiger partial charge in [0.2, 0.25) is 11.9 Å². The molecule has 0 spiro atoms. The van der Waals surface area contributed by atoms with Crippen molar-refractivity contribution in [2.24, 2.45) is 5.92 Å². The van der Waals surface area contributed by atoms with Crippen molar-refractivity contribution in [1.29, 1.82) is 0 Å². The fraction of sp³-hybridized carbons (Fsp3) is 0.579. The number of hydrogen-bond acceptors (Lipinski definition) is 6. The average molecular weight is 425 g/mol. The molecular formula is C19H26F3N7O. The van der Waals surface area contributed by atoms with E-state index in [4.69, 9.17) is 0 Å². The van der Waals surface area contributed by atoms with Crippen LogP contribution in [-0.4, -0.2) is 45.3 Å². The van der Waals surface area contributed by atoms with E-state index in [2.05, 4.69) is 25.7 Å². The number of anilines is 3. The van der Waals surface area contributed by atoms with Crippen molar-refractivity contribution < 1.29 is 18.0 Å². The summed E-state index contributed by atoms with van der Waals surface area (Å²) in [5.74, 6) is 1.30. The highest BCUT2D eigenvalue weighted by molar-refractivity contribution is 6.00. The minimum absolute atomic E-state index is 0.100. The van der Waals surface area contributed by atoms with Crippen LogP contribution in [0.2, 0.25) is 0 Å². The van der Waals surface area contributed by atoms with Crippen molar-refractivity contribution >= 4 is 23.4 Å². The average Bonchev–Trinajstić information content (AvgIpc) is 3.12. The van der Waals surface area contributed by atoms with E-state index < -0.39 is 11.9 Å². The molecular weight excluding hydrogens is 399 g/mol. The van der Waals surface area contributed by atoms with Crippen LogP contribution < -0.4 is 15.5 Å². The number of halogens is 3. The van der Waals surface area contributed by atoms with Gasteiger partial charge in [-0.1, -0.05) is 13.8 Å². The maximum atomic E-state index is 12.6. The number of fused-ring (bicyclic) bond motifs is 1. The maximum absolute atomic E-state index is 12.6. The number of aryl methyl sites for hydroxylation is 1. The summed E-state index contributed by atoms with van der Waals surface area (Å²) < 4.78 is 39.2. The Morgan fingerprint density at radius 3 is 2.60 bits per heavy atom. The van der Waals surface area contributed by atoms with Crippen LogP contribution in [-0.2, 0) is 17.5 Å². The summed E-state index contributed by atoms with van der Waals surface area (Å²) in [6, 6.07) is 1.15. The number of aromatic nitrogens is 4. The molecule has 164 valence electrons. The number of alkyl halides is 3. The summed E-state index contributed by atoms with van der Waals surface area (Å²) in [7, 11) is 1.80. The van der Waals surface area contributed by atoms with E-state index in [0.29, 0.717) is 29.7 Å². The third-order valence-corrected chi connectivity index (χ3v) is 5.02. The van der Waals surface area contributed by atoms with Crippen molar-refractivity contribution in [3.05, 3.63) is 23.7 Å². The molecule has 1 fully saturated rings. The number of likely N-dealkylation sites (N-methyl/N-ethyl adjacent to an activating group) is 1. The molecule has 1 aliphatic carbocycles. The molecule has 3 heterocycles. The second-order valence-electron chi connectivity index (χ2n) is 7.33. The quantitative estimate of drug-likeness (QED) is 0.782. The summed E-state index contributed by atoms with van der Waals surface area (Å²) in [5, 5.41) is 9.66. The van der Waals surface area contributed by atoms with Gasteiger partial charge in [0, 0.05) is 25.8 Å². The molecule has 0 atom stereocenters. The van der Waals surface area contributed by atoms with Gasteiger partial charge in [-0.05, 0) is 31.7 Å². The summed E-state index contributed by atoms with van der Waals surface area (Å²) >= 11 is 0. The van der Waals surface area contributed by atoms with Gasteiger partial charge in [-0.15, -0.1) is 0 Å². The number of carbonyl (C=O) groups is 1. The van der Waals surface area contributed by atoms with Crippen LogP contribution in [0, 0.1) is 12.8 Å². The molecule has 0 unspecified atom stereocenters. The molecule has 2 aromatic rings. The number of nitrogens with one attached hydrogen (secondary N) is 2. The van der Waals surface area contributed by atoms with Gasteiger partial charge < -0.3 is 15.5 Å². The number of amides is 1. The highest BCUT2D eigenvalue weighted by Crippen LogP contribution is 2.34. The monoisotopic (exact) mass is 425 g/mol. The van der Waals surface area contributed by atoms with E-state index in [-0.39, 0.29) is 24.4 Å². The van der Waals surface area contributed by atoms with E-state index in [9.17, 15) is 18.0 Å². The normalized spacial score (nSPS) is 20.5. The molecule has 2 N–H and O–H groups in total.